The Morgan fingerprint density at radius 1 is 1.15 bits per heavy atom. The largest absolute Gasteiger partial charge is 0.361 e. The minimum atomic E-state index is -3.71. The van der Waals surface area contributed by atoms with Crippen molar-refractivity contribution in [3.63, 3.8) is 0 Å². The van der Waals surface area contributed by atoms with E-state index in [0.29, 0.717) is 17.8 Å². The van der Waals surface area contributed by atoms with Crippen LogP contribution in [-0.2, 0) is 16.4 Å². The highest BCUT2D eigenvalue weighted by atomic mass is 32.2. The molecule has 6 nitrogen and oxygen atoms in total. The van der Waals surface area contributed by atoms with E-state index in [1.54, 1.807) is 42.7 Å². The van der Waals surface area contributed by atoms with Gasteiger partial charge in [0.15, 0.2) is 5.65 Å². The number of rotatable bonds is 4. The van der Waals surface area contributed by atoms with Crippen LogP contribution in [0, 0.1) is 13.8 Å². The van der Waals surface area contributed by atoms with Crippen LogP contribution >= 0.6 is 0 Å². The smallest absolute Gasteiger partial charge is 0.269 e. The Hall–Kier alpha value is -2.93. The highest BCUT2D eigenvalue weighted by Gasteiger charge is 2.22. The maximum Gasteiger partial charge on any atom is 0.269 e. The van der Waals surface area contributed by atoms with Gasteiger partial charge in [-0.3, -0.25) is 0 Å². The molecule has 138 valence electrons. The topological polar surface area (TPSA) is 78.0 Å². The summed E-state index contributed by atoms with van der Waals surface area (Å²) in [5.74, 6) is 0.711. The maximum absolute atomic E-state index is 13.1. The molecule has 0 radical (unpaired) electrons. The second kappa shape index (κ2) is 6.35. The number of benzene rings is 1. The molecule has 4 aromatic rings. The second-order valence-corrected chi connectivity index (χ2v) is 8.23. The van der Waals surface area contributed by atoms with E-state index < -0.39 is 10.0 Å². The molecule has 0 amide bonds. The van der Waals surface area contributed by atoms with E-state index >= 15 is 0 Å². The van der Waals surface area contributed by atoms with Crippen molar-refractivity contribution in [3.8, 4) is 11.1 Å². The first-order valence-electron chi connectivity index (χ1n) is 8.67. The fraction of sp³-hybridized carbons (Fsp3) is 0.200. The lowest BCUT2D eigenvalue weighted by molar-refractivity contribution is 0.393. The second-order valence-electron chi connectivity index (χ2n) is 6.42. The van der Waals surface area contributed by atoms with E-state index in [0.717, 1.165) is 27.8 Å². The van der Waals surface area contributed by atoms with Crippen LogP contribution in [0.1, 0.15) is 23.9 Å². The van der Waals surface area contributed by atoms with Gasteiger partial charge < -0.3 is 4.52 Å². The molecule has 0 atom stereocenters. The van der Waals surface area contributed by atoms with Gasteiger partial charge in [0.1, 0.15) is 5.76 Å². The summed E-state index contributed by atoms with van der Waals surface area (Å²) in [7, 11) is -3.71. The SMILES string of the molecule is CCc1cn(S(=O)(=O)c2ccccc2)c2ncc(-c3c(C)noc3C)cc12. The highest BCUT2D eigenvalue weighted by molar-refractivity contribution is 7.90. The van der Waals surface area contributed by atoms with Gasteiger partial charge >= 0.3 is 0 Å². The number of fused-ring (bicyclic) bond motifs is 1. The number of pyridine rings is 1. The van der Waals surface area contributed by atoms with Crippen molar-refractivity contribution >= 4 is 21.1 Å². The molecule has 0 aliphatic rings. The first-order valence-corrected chi connectivity index (χ1v) is 10.1. The Kier molecular flexibility index (Phi) is 4.11. The Morgan fingerprint density at radius 2 is 1.89 bits per heavy atom. The number of aromatic nitrogens is 3. The van der Waals surface area contributed by atoms with Crippen molar-refractivity contribution in [3.05, 3.63) is 65.8 Å². The Bertz CT molecular complexity index is 1220. The lowest BCUT2D eigenvalue weighted by Crippen LogP contribution is -2.12. The zero-order chi connectivity index (χ0) is 19.2. The molecular formula is C20H19N3O3S. The molecule has 0 fully saturated rings. The van der Waals surface area contributed by atoms with E-state index in [9.17, 15) is 8.42 Å². The minimum Gasteiger partial charge on any atom is -0.361 e. The van der Waals surface area contributed by atoms with Crippen molar-refractivity contribution < 1.29 is 12.9 Å². The summed E-state index contributed by atoms with van der Waals surface area (Å²) in [5, 5.41) is 4.81. The predicted molar refractivity (Wildman–Crippen MR) is 103 cm³/mol. The van der Waals surface area contributed by atoms with Gasteiger partial charge in [0, 0.05) is 28.9 Å². The van der Waals surface area contributed by atoms with E-state index in [-0.39, 0.29) is 4.90 Å². The normalized spacial score (nSPS) is 12.0. The van der Waals surface area contributed by atoms with Crippen LogP contribution in [0.5, 0.6) is 0 Å². The summed E-state index contributed by atoms with van der Waals surface area (Å²) < 4.78 is 32.7. The van der Waals surface area contributed by atoms with Crippen molar-refractivity contribution in [2.75, 3.05) is 0 Å². The summed E-state index contributed by atoms with van der Waals surface area (Å²) in [5.41, 5.74) is 3.88. The van der Waals surface area contributed by atoms with Crippen molar-refractivity contribution in [1.29, 1.82) is 0 Å². The average Bonchev–Trinajstić information content (AvgIpc) is 3.22. The van der Waals surface area contributed by atoms with Gasteiger partial charge in [0.2, 0.25) is 0 Å². The van der Waals surface area contributed by atoms with E-state index in [2.05, 4.69) is 10.1 Å². The third kappa shape index (κ3) is 2.75. The minimum absolute atomic E-state index is 0.237. The van der Waals surface area contributed by atoms with Crippen molar-refractivity contribution in [1.82, 2.24) is 14.1 Å². The fourth-order valence-electron chi connectivity index (χ4n) is 3.34. The molecule has 0 saturated carbocycles. The van der Waals surface area contributed by atoms with E-state index in [1.807, 2.05) is 26.8 Å². The molecule has 0 spiro atoms. The zero-order valence-electron chi connectivity index (χ0n) is 15.3. The summed E-state index contributed by atoms with van der Waals surface area (Å²) >= 11 is 0. The molecule has 0 bridgehead atoms. The molecule has 0 unspecified atom stereocenters. The molecule has 27 heavy (non-hydrogen) atoms. The summed E-state index contributed by atoms with van der Waals surface area (Å²) in [6, 6.07) is 10.4. The molecule has 3 heterocycles. The molecule has 4 rings (SSSR count). The quantitative estimate of drug-likeness (QED) is 0.532. The Morgan fingerprint density at radius 3 is 2.52 bits per heavy atom. The van der Waals surface area contributed by atoms with Crippen LogP contribution in [0.4, 0.5) is 0 Å². The number of nitrogens with zero attached hydrogens (tertiary/aromatic N) is 3. The Balaban J connectivity index is 1.95. The third-order valence-electron chi connectivity index (χ3n) is 4.70. The van der Waals surface area contributed by atoms with Crippen LogP contribution in [-0.4, -0.2) is 22.5 Å². The van der Waals surface area contributed by atoms with Crippen LogP contribution in [0.25, 0.3) is 22.2 Å². The number of aryl methyl sites for hydroxylation is 3. The van der Waals surface area contributed by atoms with Gasteiger partial charge in [-0.25, -0.2) is 17.4 Å². The summed E-state index contributed by atoms with van der Waals surface area (Å²) in [6.45, 7) is 5.73. The van der Waals surface area contributed by atoms with Crippen molar-refractivity contribution in [2.24, 2.45) is 0 Å². The standard InChI is InChI=1S/C20H19N3O3S/c1-4-15-12-23(27(24,25)17-8-6-5-7-9-17)20-18(15)10-16(11-21-20)19-13(2)22-26-14(19)3/h5-12H,4H2,1-3H3. The summed E-state index contributed by atoms with van der Waals surface area (Å²) in [4.78, 5) is 4.73. The van der Waals surface area contributed by atoms with Crippen LogP contribution in [0.2, 0.25) is 0 Å². The van der Waals surface area contributed by atoms with Crippen LogP contribution in [0.15, 0.2) is 58.2 Å². The lowest BCUT2D eigenvalue weighted by Gasteiger charge is -2.07. The number of hydrogen-bond acceptors (Lipinski definition) is 5. The molecule has 1 aromatic carbocycles. The Labute approximate surface area is 157 Å². The zero-order valence-corrected chi connectivity index (χ0v) is 16.1. The van der Waals surface area contributed by atoms with Crippen LogP contribution in [0.3, 0.4) is 0 Å². The first kappa shape index (κ1) is 17.5. The molecular weight excluding hydrogens is 362 g/mol. The van der Waals surface area contributed by atoms with Gasteiger partial charge in [-0.05, 0) is 44.0 Å². The molecule has 7 heteroatoms. The average molecular weight is 381 g/mol. The maximum atomic E-state index is 13.1. The molecule has 3 aromatic heterocycles. The third-order valence-corrected chi connectivity index (χ3v) is 6.36. The lowest BCUT2D eigenvalue weighted by atomic mass is 10.0. The number of hydrogen-bond donors (Lipinski definition) is 0. The molecule has 0 saturated heterocycles. The van der Waals surface area contributed by atoms with Gasteiger partial charge in [-0.15, -0.1) is 0 Å². The van der Waals surface area contributed by atoms with Gasteiger partial charge in [0.25, 0.3) is 10.0 Å². The van der Waals surface area contributed by atoms with Crippen molar-refractivity contribution in [2.45, 2.75) is 32.1 Å². The van der Waals surface area contributed by atoms with Crippen LogP contribution < -0.4 is 0 Å². The highest BCUT2D eigenvalue weighted by Crippen LogP contribution is 2.32. The molecule has 0 N–H and O–H groups in total. The van der Waals surface area contributed by atoms with Gasteiger partial charge in [0.05, 0.1) is 10.6 Å². The van der Waals surface area contributed by atoms with Gasteiger partial charge in [-0.1, -0.05) is 30.3 Å². The summed E-state index contributed by atoms with van der Waals surface area (Å²) in [6.07, 6.45) is 4.03. The monoisotopic (exact) mass is 381 g/mol. The van der Waals surface area contributed by atoms with E-state index in [1.165, 1.54) is 3.97 Å². The molecule has 0 aliphatic heterocycles. The van der Waals surface area contributed by atoms with E-state index in [4.69, 9.17) is 4.52 Å². The predicted octanol–water partition coefficient (Wildman–Crippen LogP) is 4.11. The van der Waals surface area contributed by atoms with Gasteiger partial charge in [-0.2, -0.15) is 0 Å². The first-order chi connectivity index (χ1) is 12.9. The fourth-order valence-corrected chi connectivity index (χ4v) is 4.71. The molecule has 0 aliphatic carbocycles.